The number of rotatable bonds is 3. The van der Waals surface area contributed by atoms with Crippen LogP contribution >= 0.6 is 0 Å². The molecular weight excluding hydrogens is 218 g/mol. The van der Waals surface area contributed by atoms with E-state index in [0.29, 0.717) is 0 Å². The lowest BCUT2D eigenvalue weighted by atomic mass is 9.95. The van der Waals surface area contributed by atoms with Gasteiger partial charge in [-0.25, -0.2) is 0 Å². The molecule has 2 rings (SSSR count). The average molecular weight is 239 g/mol. The van der Waals surface area contributed by atoms with Crippen molar-refractivity contribution in [3.8, 4) is 11.1 Å². The summed E-state index contributed by atoms with van der Waals surface area (Å²) in [5, 5.41) is 3.20. The predicted molar refractivity (Wildman–Crippen MR) is 78.9 cm³/mol. The van der Waals surface area contributed by atoms with Crippen molar-refractivity contribution in [3.63, 3.8) is 0 Å². The van der Waals surface area contributed by atoms with E-state index in [2.05, 4.69) is 62.5 Å². The third-order valence-electron chi connectivity index (χ3n) is 3.50. The molecule has 0 amide bonds. The van der Waals surface area contributed by atoms with Crippen LogP contribution in [0.2, 0.25) is 0 Å². The van der Waals surface area contributed by atoms with E-state index in [9.17, 15) is 0 Å². The first-order valence-electron chi connectivity index (χ1n) is 6.43. The van der Waals surface area contributed by atoms with E-state index in [0.717, 1.165) is 6.54 Å². The van der Waals surface area contributed by atoms with Gasteiger partial charge in [-0.1, -0.05) is 30.3 Å². The van der Waals surface area contributed by atoms with Crippen molar-refractivity contribution in [2.24, 2.45) is 0 Å². The first kappa shape index (κ1) is 12.8. The van der Waals surface area contributed by atoms with Crippen LogP contribution in [-0.2, 0) is 6.54 Å². The quantitative estimate of drug-likeness (QED) is 0.853. The third kappa shape index (κ3) is 2.62. The monoisotopic (exact) mass is 239 g/mol. The van der Waals surface area contributed by atoms with Crippen molar-refractivity contribution in [1.82, 2.24) is 5.32 Å². The summed E-state index contributed by atoms with van der Waals surface area (Å²) in [4.78, 5) is 0. The molecule has 0 aliphatic heterocycles. The van der Waals surface area contributed by atoms with Crippen LogP contribution < -0.4 is 5.32 Å². The molecule has 18 heavy (non-hydrogen) atoms. The molecule has 0 aromatic heterocycles. The van der Waals surface area contributed by atoms with Gasteiger partial charge in [-0.15, -0.1) is 0 Å². The smallest absolute Gasteiger partial charge is 0.0202 e. The van der Waals surface area contributed by atoms with E-state index in [-0.39, 0.29) is 0 Å². The fourth-order valence-corrected chi connectivity index (χ4v) is 2.20. The Morgan fingerprint density at radius 1 is 0.833 bits per heavy atom. The molecule has 0 heterocycles. The van der Waals surface area contributed by atoms with Gasteiger partial charge in [0.2, 0.25) is 0 Å². The number of aryl methyl sites for hydroxylation is 3. The summed E-state index contributed by atoms with van der Waals surface area (Å²) in [6, 6.07) is 13.4. The largest absolute Gasteiger partial charge is 0.316 e. The van der Waals surface area contributed by atoms with Gasteiger partial charge in [0.15, 0.2) is 0 Å². The SMILES string of the molecule is CNCc1ccc(C)c(-c2ccc(C)c(C)c2)c1. The van der Waals surface area contributed by atoms with Gasteiger partial charge in [-0.3, -0.25) is 0 Å². The molecule has 0 fully saturated rings. The fourth-order valence-electron chi connectivity index (χ4n) is 2.20. The average Bonchev–Trinajstić information content (AvgIpc) is 2.35. The molecule has 1 N–H and O–H groups in total. The van der Waals surface area contributed by atoms with E-state index in [1.54, 1.807) is 0 Å². The normalized spacial score (nSPS) is 10.7. The predicted octanol–water partition coefficient (Wildman–Crippen LogP) is 4.00. The molecule has 0 radical (unpaired) electrons. The molecule has 0 atom stereocenters. The maximum Gasteiger partial charge on any atom is 0.0202 e. The van der Waals surface area contributed by atoms with Crippen molar-refractivity contribution in [2.45, 2.75) is 27.3 Å². The van der Waals surface area contributed by atoms with Gasteiger partial charge in [0.05, 0.1) is 0 Å². The Hall–Kier alpha value is -1.60. The Kier molecular flexibility index (Phi) is 3.83. The van der Waals surface area contributed by atoms with Crippen molar-refractivity contribution >= 4 is 0 Å². The zero-order chi connectivity index (χ0) is 13.1. The number of hydrogen-bond acceptors (Lipinski definition) is 1. The highest BCUT2D eigenvalue weighted by Crippen LogP contribution is 2.26. The lowest BCUT2D eigenvalue weighted by Crippen LogP contribution is -2.05. The first-order valence-corrected chi connectivity index (χ1v) is 6.43. The Morgan fingerprint density at radius 3 is 2.22 bits per heavy atom. The summed E-state index contributed by atoms with van der Waals surface area (Å²) < 4.78 is 0. The van der Waals surface area contributed by atoms with Crippen LogP contribution in [0.5, 0.6) is 0 Å². The Bertz CT molecular complexity index is 556. The van der Waals surface area contributed by atoms with Crippen molar-refractivity contribution in [2.75, 3.05) is 7.05 Å². The van der Waals surface area contributed by atoms with Gasteiger partial charge in [-0.05, 0) is 67.3 Å². The Balaban J connectivity index is 2.48. The molecule has 0 aliphatic rings. The van der Waals surface area contributed by atoms with Gasteiger partial charge in [0, 0.05) is 6.54 Å². The highest BCUT2D eigenvalue weighted by atomic mass is 14.8. The summed E-state index contributed by atoms with van der Waals surface area (Å²) >= 11 is 0. The number of nitrogens with one attached hydrogen (secondary N) is 1. The molecule has 0 saturated carbocycles. The highest BCUT2D eigenvalue weighted by Gasteiger charge is 2.04. The first-order chi connectivity index (χ1) is 8.61. The molecular formula is C17H21N. The molecule has 1 nitrogen and oxygen atoms in total. The Morgan fingerprint density at radius 2 is 1.56 bits per heavy atom. The van der Waals surface area contributed by atoms with Crippen LogP contribution in [0, 0.1) is 20.8 Å². The van der Waals surface area contributed by atoms with Crippen molar-refractivity contribution in [1.29, 1.82) is 0 Å². The van der Waals surface area contributed by atoms with Gasteiger partial charge in [0.25, 0.3) is 0 Å². The summed E-state index contributed by atoms with van der Waals surface area (Å²) in [6.45, 7) is 7.42. The molecule has 0 saturated heterocycles. The van der Waals surface area contributed by atoms with E-state index < -0.39 is 0 Å². The van der Waals surface area contributed by atoms with Gasteiger partial charge >= 0.3 is 0 Å². The minimum Gasteiger partial charge on any atom is -0.316 e. The summed E-state index contributed by atoms with van der Waals surface area (Å²) in [6.07, 6.45) is 0. The third-order valence-corrected chi connectivity index (χ3v) is 3.50. The lowest BCUT2D eigenvalue weighted by molar-refractivity contribution is 0.818. The lowest BCUT2D eigenvalue weighted by Gasteiger charge is -2.11. The molecule has 0 unspecified atom stereocenters. The minimum atomic E-state index is 0.915. The van der Waals surface area contributed by atoms with Gasteiger partial charge in [-0.2, -0.15) is 0 Å². The van der Waals surface area contributed by atoms with Crippen molar-refractivity contribution in [3.05, 3.63) is 58.7 Å². The zero-order valence-corrected chi connectivity index (χ0v) is 11.7. The summed E-state index contributed by atoms with van der Waals surface area (Å²) in [5.41, 5.74) is 8.02. The van der Waals surface area contributed by atoms with Crippen LogP contribution in [0.25, 0.3) is 11.1 Å². The highest BCUT2D eigenvalue weighted by molar-refractivity contribution is 5.69. The second kappa shape index (κ2) is 5.36. The van der Waals surface area contributed by atoms with Crippen LogP contribution in [0.1, 0.15) is 22.3 Å². The van der Waals surface area contributed by atoms with Crippen LogP contribution in [0.3, 0.4) is 0 Å². The van der Waals surface area contributed by atoms with Crippen molar-refractivity contribution < 1.29 is 0 Å². The molecule has 2 aromatic rings. The minimum absolute atomic E-state index is 0.915. The second-order valence-corrected chi connectivity index (χ2v) is 4.98. The maximum atomic E-state index is 3.20. The fraction of sp³-hybridized carbons (Fsp3) is 0.294. The van der Waals surface area contributed by atoms with Crippen LogP contribution in [0.15, 0.2) is 36.4 Å². The van der Waals surface area contributed by atoms with E-state index in [1.165, 1.54) is 33.4 Å². The molecule has 0 aliphatic carbocycles. The van der Waals surface area contributed by atoms with Crippen LogP contribution in [-0.4, -0.2) is 7.05 Å². The second-order valence-electron chi connectivity index (χ2n) is 4.98. The molecule has 94 valence electrons. The number of hydrogen-bond donors (Lipinski definition) is 1. The van der Waals surface area contributed by atoms with E-state index in [1.807, 2.05) is 7.05 Å². The Labute approximate surface area is 110 Å². The standard InChI is InChI=1S/C17H21N/c1-12-6-8-16(9-14(12)3)17-10-15(11-18-4)7-5-13(17)2/h5-10,18H,11H2,1-4H3. The van der Waals surface area contributed by atoms with E-state index >= 15 is 0 Å². The van der Waals surface area contributed by atoms with Gasteiger partial charge in [0.1, 0.15) is 0 Å². The molecule has 0 bridgehead atoms. The summed E-state index contributed by atoms with van der Waals surface area (Å²) in [7, 11) is 1.98. The molecule has 0 spiro atoms. The summed E-state index contributed by atoms with van der Waals surface area (Å²) in [5.74, 6) is 0. The zero-order valence-electron chi connectivity index (χ0n) is 11.7. The van der Waals surface area contributed by atoms with E-state index in [4.69, 9.17) is 0 Å². The van der Waals surface area contributed by atoms with Crippen LogP contribution in [0.4, 0.5) is 0 Å². The molecule has 2 aromatic carbocycles. The number of benzene rings is 2. The molecule has 1 heteroatoms. The maximum absolute atomic E-state index is 3.20. The topological polar surface area (TPSA) is 12.0 Å². The van der Waals surface area contributed by atoms with Gasteiger partial charge < -0.3 is 5.32 Å².